The number of aliphatic hydroxyl groups excluding tert-OH is 1. The van der Waals surface area contributed by atoms with Gasteiger partial charge in [-0.2, -0.15) is 5.10 Å². The van der Waals surface area contributed by atoms with E-state index in [-0.39, 0.29) is 18.4 Å². The number of nitrogens with zero attached hydrogens (tertiary/aromatic N) is 3. The van der Waals surface area contributed by atoms with E-state index in [1.54, 1.807) is 10.9 Å². The second-order valence-corrected chi connectivity index (χ2v) is 12.5. The first-order valence-electron chi connectivity index (χ1n) is 9.81. The largest absolute Gasteiger partial charge is 0.386 e. The van der Waals surface area contributed by atoms with Gasteiger partial charge in [-0.05, 0) is 19.8 Å². The number of hydrogen-bond donors (Lipinski definition) is 1. The summed E-state index contributed by atoms with van der Waals surface area (Å²) in [6, 6.07) is 0.237. The van der Waals surface area contributed by atoms with E-state index in [0.717, 1.165) is 41.9 Å². The molecule has 30 heavy (non-hydrogen) atoms. The van der Waals surface area contributed by atoms with Gasteiger partial charge in [0.2, 0.25) is 0 Å². The summed E-state index contributed by atoms with van der Waals surface area (Å²) in [5, 5.41) is 15.1. The highest BCUT2D eigenvalue weighted by atomic mass is 35.5. The van der Waals surface area contributed by atoms with Gasteiger partial charge < -0.3 is 9.84 Å². The molecule has 4 heterocycles. The fourth-order valence-corrected chi connectivity index (χ4v) is 6.75. The van der Waals surface area contributed by atoms with Gasteiger partial charge >= 0.3 is 0 Å². The molecule has 1 saturated heterocycles. The predicted octanol–water partition coefficient (Wildman–Crippen LogP) is 3.24. The minimum atomic E-state index is -3.02. The third-order valence-corrected chi connectivity index (χ3v) is 9.05. The predicted molar refractivity (Wildman–Crippen MR) is 118 cm³/mol. The minimum absolute atomic E-state index is 0.0776. The standard InChI is InChI=1S/C19H25Cl2N3O4S2/c1-12-7-19(17-15(14(25)11-28-19)16(20)18(21)29-17)3-4-23(12)9-13-8-22-24(10-13)5-6-30(2,26)27/h8,10,12,14,25H,3-7,9,11H2,1-2H3. The molecule has 3 unspecified atom stereocenters. The van der Waals surface area contributed by atoms with Crippen molar-refractivity contribution in [3.8, 4) is 0 Å². The van der Waals surface area contributed by atoms with Gasteiger partial charge in [0.25, 0.3) is 0 Å². The molecule has 0 saturated carbocycles. The van der Waals surface area contributed by atoms with Gasteiger partial charge in [0, 0.05) is 47.6 Å². The Hall–Kier alpha value is -0.680. The average Bonchev–Trinajstić information content (AvgIpc) is 3.24. The Morgan fingerprint density at radius 2 is 2.20 bits per heavy atom. The Labute approximate surface area is 190 Å². The van der Waals surface area contributed by atoms with Crippen LogP contribution in [-0.2, 0) is 33.3 Å². The van der Waals surface area contributed by atoms with Gasteiger partial charge in [-0.25, -0.2) is 8.42 Å². The van der Waals surface area contributed by atoms with Gasteiger partial charge in [-0.1, -0.05) is 23.2 Å². The number of halogens is 2. The number of aryl methyl sites for hydroxylation is 1. The van der Waals surface area contributed by atoms with Crippen LogP contribution in [0.4, 0.5) is 0 Å². The Balaban J connectivity index is 1.45. The first kappa shape index (κ1) is 22.5. The molecule has 1 spiro atoms. The monoisotopic (exact) mass is 493 g/mol. The molecular formula is C19H25Cl2N3O4S2. The van der Waals surface area contributed by atoms with Crippen LogP contribution in [0.5, 0.6) is 0 Å². The number of ether oxygens (including phenoxy) is 1. The fourth-order valence-electron chi connectivity index (χ4n) is 4.35. The van der Waals surface area contributed by atoms with E-state index in [2.05, 4.69) is 16.9 Å². The maximum Gasteiger partial charge on any atom is 0.149 e. The van der Waals surface area contributed by atoms with Gasteiger partial charge in [-0.3, -0.25) is 9.58 Å². The second kappa shape index (κ2) is 8.35. The molecule has 1 N–H and O–H groups in total. The lowest BCUT2D eigenvalue weighted by Gasteiger charge is -2.47. The summed E-state index contributed by atoms with van der Waals surface area (Å²) >= 11 is 14.0. The number of fused-ring (bicyclic) bond motifs is 2. The molecule has 4 rings (SSSR count). The summed E-state index contributed by atoms with van der Waals surface area (Å²) in [5.41, 5.74) is 1.31. The molecule has 0 aromatic carbocycles. The molecular weight excluding hydrogens is 469 g/mol. The minimum Gasteiger partial charge on any atom is -0.386 e. The lowest BCUT2D eigenvalue weighted by molar-refractivity contribution is -0.139. The Bertz CT molecular complexity index is 1040. The molecule has 0 aliphatic carbocycles. The maximum atomic E-state index is 11.4. The number of sulfone groups is 1. The third kappa shape index (κ3) is 4.44. The lowest BCUT2D eigenvalue weighted by atomic mass is 9.81. The van der Waals surface area contributed by atoms with Crippen molar-refractivity contribution in [2.24, 2.45) is 0 Å². The smallest absolute Gasteiger partial charge is 0.149 e. The Kier molecular flexibility index (Phi) is 6.26. The SMILES string of the molecule is CC1CC2(CCN1Cc1cnn(CCS(C)(=O)=O)c1)OCC(O)c1c2sc(Cl)c1Cl. The van der Waals surface area contributed by atoms with Gasteiger partial charge in [0.15, 0.2) is 0 Å². The van der Waals surface area contributed by atoms with Gasteiger partial charge in [-0.15, -0.1) is 11.3 Å². The topological polar surface area (TPSA) is 84.7 Å². The number of piperidine rings is 1. The van der Waals surface area contributed by atoms with E-state index in [1.165, 1.54) is 17.6 Å². The maximum absolute atomic E-state index is 11.4. The zero-order valence-corrected chi connectivity index (χ0v) is 20.0. The van der Waals surface area contributed by atoms with E-state index in [0.29, 0.717) is 15.9 Å². The van der Waals surface area contributed by atoms with Crippen LogP contribution in [0.25, 0.3) is 0 Å². The van der Waals surface area contributed by atoms with Crippen molar-refractivity contribution in [2.75, 3.05) is 25.2 Å². The molecule has 3 atom stereocenters. The third-order valence-electron chi connectivity index (χ3n) is 5.92. The number of thiophene rings is 1. The molecule has 1 fully saturated rings. The molecule has 7 nitrogen and oxygen atoms in total. The van der Waals surface area contributed by atoms with Crippen LogP contribution in [0, 0.1) is 0 Å². The van der Waals surface area contributed by atoms with Crippen molar-refractivity contribution in [3.63, 3.8) is 0 Å². The Morgan fingerprint density at radius 3 is 2.90 bits per heavy atom. The highest BCUT2D eigenvalue weighted by molar-refractivity contribution is 7.90. The zero-order chi connectivity index (χ0) is 21.7. The van der Waals surface area contributed by atoms with E-state index >= 15 is 0 Å². The highest BCUT2D eigenvalue weighted by Crippen LogP contribution is 2.53. The van der Waals surface area contributed by atoms with E-state index in [1.807, 2.05) is 6.20 Å². The molecule has 2 aliphatic heterocycles. The van der Waals surface area contributed by atoms with Gasteiger partial charge in [0.1, 0.15) is 25.9 Å². The second-order valence-electron chi connectivity index (χ2n) is 8.27. The average molecular weight is 494 g/mol. The van der Waals surface area contributed by atoms with Crippen LogP contribution >= 0.6 is 34.5 Å². The molecule has 166 valence electrons. The summed E-state index contributed by atoms with van der Waals surface area (Å²) in [6.45, 7) is 4.30. The summed E-state index contributed by atoms with van der Waals surface area (Å²) < 4.78 is 31.1. The summed E-state index contributed by atoms with van der Waals surface area (Å²) in [5.74, 6) is 0.0776. The van der Waals surface area contributed by atoms with Crippen LogP contribution in [0.2, 0.25) is 9.36 Å². The number of rotatable bonds is 5. The molecule has 2 aromatic heterocycles. The van der Waals surface area contributed by atoms with Crippen molar-refractivity contribution in [1.82, 2.24) is 14.7 Å². The van der Waals surface area contributed by atoms with Crippen molar-refractivity contribution in [1.29, 1.82) is 0 Å². The van der Waals surface area contributed by atoms with Crippen LogP contribution in [-0.4, -0.2) is 59.4 Å². The molecule has 0 bridgehead atoms. The molecule has 11 heteroatoms. The quantitative estimate of drug-likeness (QED) is 0.687. The fraction of sp³-hybridized carbons (Fsp3) is 0.632. The van der Waals surface area contributed by atoms with Crippen molar-refractivity contribution >= 4 is 44.4 Å². The number of aromatic nitrogens is 2. The summed E-state index contributed by atoms with van der Waals surface area (Å²) in [6.07, 6.45) is 5.76. The van der Waals surface area contributed by atoms with E-state index in [4.69, 9.17) is 27.9 Å². The molecule has 2 aromatic rings. The normalized spacial score (nSPS) is 27.5. The molecule has 2 aliphatic rings. The molecule has 0 radical (unpaired) electrons. The lowest BCUT2D eigenvalue weighted by Crippen LogP contribution is -2.50. The van der Waals surface area contributed by atoms with Crippen LogP contribution < -0.4 is 0 Å². The van der Waals surface area contributed by atoms with Crippen LogP contribution in [0.1, 0.15) is 41.9 Å². The zero-order valence-electron chi connectivity index (χ0n) is 16.8. The Morgan fingerprint density at radius 1 is 1.43 bits per heavy atom. The van der Waals surface area contributed by atoms with Crippen LogP contribution in [0.3, 0.4) is 0 Å². The number of aliphatic hydroxyl groups is 1. The van der Waals surface area contributed by atoms with E-state index < -0.39 is 21.5 Å². The first-order valence-corrected chi connectivity index (χ1v) is 13.4. The van der Waals surface area contributed by atoms with Crippen molar-refractivity contribution in [3.05, 3.63) is 37.8 Å². The van der Waals surface area contributed by atoms with Gasteiger partial charge in [0.05, 0.1) is 30.1 Å². The van der Waals surface area contributed by atoms with Crippen molar-refractivity contribution in [2.45, 2.75) is 50.6 Å². The van der Waals surface area contributed by atoms with Crippen LogP contribution in [0.15, 0.2) is 12.4 Å². The van der Waals surface area contributed by atoms with Crippen molar-refractivity contribution < 1.29 is 18.3 Å². The van der Waals surface area contributed by atoms with E-state index in [9.17, 15) is 13.5 Å². The molecule has 0 amide bonds. The first-order chi connectivity index (χ1) is 14.1. The highest BCUT2D eigenvalue weighted by Gasteiger charge is 2.47. The summed E-state index contributed by atoms with van der Waals surface area (Å²) in [7, 11) is -3.02. The summed E-state index contributed by atoms with van der Waals surface area (Å²) in [4.78, 5) is 3.32. The number of likely N-dealkylation sites (tertiary alicyclic amines) is 1. The number of hydrogen-bond acceptors (Lipinski definition) is 7.